The van der Waals surface area contributed by atoms with Gasteiger partial charge >= 0.3 is 0 Å². The molecule has 126 valence electrons. The molecule has 0 spiro atoms. The van der Waals surface area contributed by atoms with Gasteiger partial charge in [-0.25, -0.2) is 0 Å². The normalized spacial score (nSPS) is 13.9. The molecule has 2 aromatic heterocycles. The Labute approximate surface area is 152 Å². The number of aromatic nitrogens is 4. The number of ether oxygens (including phenoxy) is 1. The topological polar surface area (TPSA) is 72.3 Å². The van der Waals surface area contributed by atoms with Crippen LogP contribution in [0.3, 0.4) is 0 Å². The molecule has 0 amide bonds. The van der Waals surface area contributed by atoms with E-state index in [9.17, 15) is 4.79 Å². The van der Waals surface area contributed by atoms with Crippen LogP contribution in [0, 0.1) is 0 Å². The first kappa shape index (κ1) is 15.8. The fourth-order valence-corrected chi connectivity index (χ4v) is 2.90. The SMILES string of the molecule is O=c1cc(COc2ccc(Br)cc2)[nH]c2nc(C3=CC=CCC3)nn12. The summed E-state index contributed by atoms with van der Waals surface area (Å²) in [5.74, 6) is 1.74. The molecule has 1 aliphatic rings. The van der Waals surface area contributed by atoms with Crippen LogP contribution in [-0.2, 0) is 6.61 Å². The lowest BCUT2D eigenvalue weighted by Gasteiger charge is -2.06. The van der Waals surface area contributed by atoms with Gasteiger partial charge in [-0.3, -0.25) is 4.79 Å². The van der Waals surface area contributed by atoms with Crippen LogP contribution in [0.1, 0.15) is 24.4 Å². The molecule has 0 fully saturated rings. The molecule has 0 aliphatic heterocycles. The van der Waals surface area contributed by atoms with Crippen LogP contribution in [0.5, 0.6) is 5.75 Å². The van der Waals surface area contributed by atoms with Crippen molar-refractivity contribution in [2.45, 2.75) is 19.4 Å². The van der Waals surface area contributed by atoms with E-state index >= 15 is 0 Å². The van der Waals surface area contributed by atoms with E-state index < -0.39 is 0 Å². The molecular formula is C18H15BrN4O2. The molecule has 3 aromatic rings. The Balaban J connectivity index is 1.60. The number of aromatic amines is 1. The summed E-state index contributed by atoms with van der Waals surface area (Å²) in [6.45, 7) is 0.251. The molecule has 25 heavy (non-hydrogen) atoms. The first-order valence-corrected chi connectivity index (χ1v) is 8.72. The molecule has 2 heterocycles. The molecule has 1 aliphatic carbocycles. The number of fused-ring (bicyclic) bond motifs is 1. The summed E-state index contributed by atoms with van der Waals surface area (Å²) < 4.78 is 7.98. The zero-order chi connectivity index (χ0) is 17.2. The first-order chi connectivity index (χ1) is 12.2. The molecule has 0 bridgehead atoms. The van der Waals surface area contributed by atoms with E-state index in [1.54, 1.807) is 0 Å². The fraction of sp³-hybridized carbons (Fsp3) is 0.167. The van der Waals surface area contributed by atoms with E-state index in [1.165, 1.54) is 10.6 Å². The Morgan fingerprint density at radius 3 is 2.88 bits per heavy atom. The second kappa shape index (κ2) is 6.68. The van der Waals surface area contributed by atoms with Crippen molar-refractivity contribution in [3.63, 3.8) is 0 Å². The zero-order valence-electron chi connectivity index (χ0n) is 13.3. The van der Waals surface area contributed by atoms with Gasteiger partial charge in [0.1, 0.15) is 12.4 Å². The van der Waals surface area contributed by atoms with Gasteiger partial charge in [0.15, 0.2) is 5.82 Å². The standard InChI is InChI=1S/C18H15BrN4O2/c19-13-6-8-15(9-7-13)25-11-14-10-16(24)23-18(20-14)21-17(22-23)12-4-2-1-3-5-12/h1-2,4,6-10H,3,5,11H2,(H,20,21,22). The first-order valence-electron chi connectivity index (χ1n) is 7.92. The highest BCUT2D eigenvalue weighted by Gasteiger charge is 2.13. The number of hydrogen-bond donors (Lipinski definition) is 1. The number of benzene rings is 1. The third kappa shape index (κ3) is 3.41. The summed E-state index contributed by atoms with van der Waals surface area (Å²) in [5.41, 5.74) is 1.46. The smallest absolute Gasteiger partial charge is 0.276 e. The summed E-state index contributed by atoms with van der Waals surface area (Å²) in [6, 6.07) is 9.01. The van der Waals surface area contributed by atoms with Gasteiger partial charge in [-0.05, 0) is 42.7 Å². The molecule has 1 aromatic carbocycles. The molecule has 7 heteroatoms. The number of nitrogens with zero attached hydrogens (tertiary/aromatic N) is 3. The molecule has 1 N–H and O–H groups in total. The van der Waals surface area contributed by atoms with Crippen molar-refractivity contribution in [2.24, 2.45) is 0 Å². The second-order valence-corrected chi connectivity index (χ2v) is 6.62. The number of allylic oxidation sites excluding steroid dienone is 4. The second-order valence-electron chi connectivity index (χ2n) is 5.70. The summed E-state index contributed by atoms with van der Waals surface area (Å²) in [7, 11) is 0. The third-order valence-corrected chi connectivity index (χ3v) is 4.42. The molecule has 0 unspecified atom stereocenters. The van der Waals surface area contributed by atoms with Crippen LogP contribution in [-0.4, -0.2) is 19.6 Å². The van der Waals surface area contributed by atoms with Gasteiger partial charge in [0.05, 0.1) is 5.69 Å². The molecule has 0 saturated heterocycles. The molecule has 6 nitrogen and oxygen atoms in total. The molecular weight excluding hydrogens is 384 g/mol. The highest BCUT2D eigenvalue weighted by molar-refractivity contribution is 9.10. The van der Waals surface area contributed by atoms with Gasteiger partial charge in [-0.1, -0.05) is 34.2 Å². The van der Waals surface area contributed by atoms with E-state index in [-0.39, 0.29) is 12.2 Å². The van der Waals surface area contributed by atoms with Crippen LogP contribution in [0.25, 0.3) is 11.4 Å². The minimum Gasteiger partial charge on any atom is -0.487 e. The van der Waals surface area contributed by atoms with Crippen molar-refractivity contribution in [2.75, 3.05) is 0 Å². The molecule has 4 rings (SSSR count). The third-order valence-electron chi connectivity index (χ3n) is 3.89. The van der Waals surface area contributed by atoms with Crippen molar-refractivity contribution in [1.82, 2.24) is 19.6 Å². The summed E-state index contributed by atoms with van der Waals surface area (Å²) in [6.07, 6.45) is 7.91. The Hall–Kier alpha value is -2.67. The predicted octanol–water partition coefficient (Wildman–Crippen LogP) is 3.49. The van der Waals surface area contributed by atoms with Crippen LogP contribution >= 0.6 is 15.9 Å². The number of H-pyrrole nitrogens is 1. The number of rotatable bonds is 4. The minimum atomic E-state index is -0.228. The van der Waals surface area contributed by atoms with Crippen molar-refractivity contribution in [3.8, 4) is 5.75 Å². The van der Waals surface area contributed by atoms with E-state index in [4.69, 9.17) is 4.74 Å². The Morgan fingerprint density at radius 1 is 1.28 bits per heavy atom. The predicted molar refractivity (Wildman–Crippen MR) is 98.4 cm³/mol. The fourth-order valence-electron chi connectivity index (χ4n) is 2.63. The monoisotopic (exact) mass is 398 g/mol. The highest BCUT2D eigenvalue weighted by atomic mass is 79.9. The number of halogens is 1. The van der Waals surface area contributed by atoms with E-state index in [0.717, 1.165) is 28.6 Å². The molecule has 0 atom stereocenters. The van der Waals surface area contributed by atoms with E-state index in [1.807, 2.05) is 36.4 Å². The van der Waals surface area contributed by atoms with E-state index in [2.05, 4.69) is 37.1 Å². The highest BCUT2D eigenvalue weighted by Crippen LogP contribution is 2.20. The van der Waals surface area contributed by atoms with Crippen molar-refractivity contribution in [1.29, 1.82) is 0 Å². The van der Waals surface area contributed by atoms with Crippen LogP contribution < -0.4 is 10.3 Å². The van der Waals surface area contributed by atoms with E-state index in [0.29, 0.717) is 17.3 Å². The lowest BCUT2D eigenvalue weighted by atomic mass is 10.1. The van der Waals surface area contributed by atoms with Gasteiger partial charge in [0, 0.05) is 10.5 Å². The zero-order valence-corrected chi connectivity index (χ0v) is 14.9. The summed E-state index contributed by atoms with van der Waals surface area (Å²) in [4.78, 5) is 19.9. The Morgan fingerprint density at radius 2 is 2.12 bits per heavy atom. The summed E-state index contributed by atoms with van der Waals surface area (Å²) in [5, 5.41) is 4.32. The van der Waals surface area contributed by atoms with Crippen molar-refractivity contribution < 1.29 is 4.74 Å². The maximum absolute atomic E-state index is 12.3. The number of hydrogen-bond acceptors (Lipinski definition) is 4. The molecule has 0 saturated carbocycles. The van der Waals surface area contributed by atoms with Gasteiger partial charge in [0.25, 0.3) is 5.56 Å². The van der Waals surface area contributed by atoms with Gasteiger partial charge in [0.2, 0.25) is 5.78 Å². The van der Waals surface area contributed by atoms with Crippen molar-refractivity contribution >= 4 is 27.3 Å². The quantitative estimate of drug-likeness (QED) is 0.729. The lowest BCUT2D eigenvalue weighted by Crippen LogP contribution is -2.16. The van der Waals surface area contributed by atoms with Crippen LogP contribution in [0.15, 0.2) is 57.8 Å². The van der Waals surface area contributed by atoms with Crippen LogP contribution in [0.4, 0.5) is 0 Å². The average Bonchev–Trinajstić information content (AvgIpc) is 3.07. The maximum atomic E-state index is 12.3. The minimum absolute atomic E-state index is 0.228. The van der Waals surface area contributed by atoms with Crippen LogP contribution in [0.2, 0.25) is 0 Å². The lowest BCUT2D eigenvalue weighted by molar-refractivity contribution is 0.301. The number of nitrogens with one attached hydrogen (secondary N) is 1. The Bertz CT molecular complexity index is 1030. The van der Waals surface area contributed by atoms with Gasteiger partial charge in [-0.2, -0.15) is 9.50 Å². The van der Waals surface area contributed by atoms with Crippen molar-refractivity contribution in [3.05, 3.63) is 74.9 Å². The average molecular weight is 399 g/mol. The van der Waals surface area contributed by atoms with Gasteiger partial charge in [-0.15, -0.1) is 5.10 Å². The summed E-state index contributed by atoms with van der Waals surface area (Å²) >= 11 is 3.38. The maximum Gasteiger partial charge on any atom is 0.276 e. The van der Waals surface area contributed by atoms with Gasteiger partial charge < -0.3 is 9.72 Å². The largest absolute Gasteiger partial charge is 0.487 e. The molecule has 0 radical (unpaired) electrons. The Kier molecular flexibility index (Phi) is 4.23.